The van der Waals surface area contributed by atoms with E-state index < -0.39 is 243 Å². The topological polar surface area (TPSA) is 644 Å². The minimum Gasteiger partial charge on any atom is -0.477 e. The van der Waals surface area contributed by atoms with E-state index in [0.717, 1.165) is 94.4 Å². The van der Waals surface area contributed by atoms with E-state index in [1.165, 1.54) is 103 Å². The van der Waals surface area contributed by atoms with Gasteiger partial charge in [0.15, 0.2) is 25.2 Å². The summed E-state index contributed by atoms with van der Waals surface area (Å²) in [6, 6.07) is -4.81. The number of aliphatic hydroxyl groups is 16. The molecule has 0 saturated carbocycles. The summed E-state index contributed by atoms with van der Waals surface area (Å²) in [4.78, 5) is 83.2. The fraction of sp³-hybridized carbons (Fsp3) is 0.877. The van der Waals surface area contributed by atoms with Crippen molar-refractivity contribution in [1.29, 1.82) is 0 Å². The molecule has 5 aliphatic heterocycles. The number of carbonyl (C=O) groups excluding carboxylic acids is 3. The molecule has 6 heterocycles. The van der Waals surface area contributed by atoms with Gasteiger partial charge in [-0.2, -0.15) is 0 Å². The molecule has 1 aromatic heterocycles. The lowest BCUT2D eigenvalue weighted by atomic mass is 9.88. The summed E-state index contributed by atoms with van der Waals surface area (Å²) >= 11 is 0. The molecule has 0 radical (unpaired) electrons. The summed E-state index contributed by atoms with van der Waals surface area (Å²) in [5.41, 5.74) is 4.12. The van der Waals surface area contributed by atoms with Crippen LogP contribution in [0.2, 0.25) is 0 Å². The molecule has 0 unspecified atom stereocenters. The number of carboxylic acids is 1. The lowest BCUT2D eigenvalue weighted by molar-refractivity contribution is -0.403. The predicted molar refractivity (Wildman–Crippen MR) is 434 cm³/mol. The van der Waals surface area contributed by atoms with E-state index in [2.05, 4.69) is 39.8 Å². The van der Waals surface area contributed by atoms with Gasteiger partial charge in [0.1, 0.15) is 116 Å². The first-order chi connectivity index (χ1) is 57.9. The van der Waals surface area contributed by atoms with Crippen molar-refractivity contribution >= 4 is 31.5 Å². The lowest BCUT2D eigenvalue weighted by Crippen LogP contribution is -2.72. The van der Waals surface area contributed by atoms with Crippen molar-refractivity contribution in [2.75, 3.05) is 39.6 Å². The third-order valence-corrected chi connectivity index (χ3v) is 22.3. The van der Waals surface area contributed by atoms with Crippen LogP contribution in [0, 0.1) is 27.7 Å². The van der Waals surface area contributed by atoms with Gasteiger partial charge in [0.25, 0.3) is 5.79 Å². The number of rotatable bonds is 52. The number of aliphatic carboxylic acids is 1. The first kappa shape index (κ1) is 110. The molecular weight excluding hydrogens is 1630 g/mol. The van der Waals surface area contributed by atoms with Crippen LogP contribution in [0.3, 0.4) is 0 Å². The minimum atomic E-state index is -4.64. The molecule has 28 atom stereocenters. The van der Waals surface area contributed by atoms with Crippen LogP contribution in [0.15, 0.2) is 12.2 Å². The van der Waals surface area contributed by atoms with E-state index in [-0.39, 0.29) is 12.3 Å². The van der Waals surface area contributed by atoms with Crippen LogP contribution in [-0.4, -0.2) is 346 Å². The Balaban J connectivity index is 0.00000188. The summed E-state index contributed by atoms with van der Waals surface area (Å²) in [5.74, 6) is -7.71. The van der Waals surface area contributed by atoms with Crippen molar-refractivity contribution in [1.82, 2.24) is 25.9 Å². The van der Waals surface area contributed by atoms with E-state index in [4.69, 9.17) is 66.6 Å². The highest BCUT2D eigenvalue weighted by Gasteiger charge is 2.62. The summed E-state index contributed by atoms with van der Waals surface area (Å²) < 4.78 is 69.0. The number of nitrogens with zero attached hydrogens (tertiary/aromatic N) is 2. The number of aromatic nitrogens is 2. The van der Waals surface area contributed by atoms with Crippen LogP contribution in [0.1, 0.15) is 237 Å². The van der Waals surface area contributed by atoms with Gasteiger partial charge in [-0.3, -0.25) is 24.4 Å². The molecule has 41 heteroatoms. The van der Waals surface area contributed by atoms with Crippen molar-refractivity contribution in [3.8, 4) is 0 Å². The molecule has 5 aliphatic rings. The van der Waals surface area contributed by atoms with E-state index in [0.29, 0.717) is 12.8 Å². The largest absolute Gasteiger partial charge is 0.477 e. The quantitative estimate of drug-likeness (QED) is 0.0227. The number of unbranched alkanes of at least 4 members (excludes halogenated alkanes) is 25. The number of ether oxygens (including phenoxy) is 10. The Morgan fingerprint density at radius 3 is 1.37 bits per heavy atom. The Kier molecular flexibility index (Phi) is 52.0. The number of aliphatic hydroxyl groups excluding tert-OH is 16. The van der Waals surface area contributed by atoms with E-state index in [9.17, 15) is 106 Å². The molecule has 1 aromatic rings. The van der Waals surface area contributed by atoms with Gasteiger partial charge >= 0.3 is 13.8 Å². The fourth-order valence-corrected chi connectivity index (χ4v) is 15.1. The van der Waals surface area contributed by atoms with Gasteiger partial charge in [0.05, 0.1) is 86.7 Å². The molecule has 0 aliphatic carbocycles. The highest BCUT2D eigenvalue weighted by molar-refractivity contribution is 7.45. The van der Waals surface area contributed by atoms with Gasteiger partial charge in [-0.1, -0.05) is 180 Å². The second-order valence-corrected chi connectivity index (χ2v) is 33.4. The number of hydrogen-bond donors (Lipinski definition) is 23. The van der Waals surface area contributed by atoms with E-state index in [1.54, 1.807) is 6.08 Å². The Hall–Kier alpha value is -4.23. The average Bonchev–Trinajstić information content (AvgIpc) is 0.745. The second-order valence-electron chi connectivity index (χ2n) is 32.4. The monoisotopic (exact) mass is 1780 g/mol. The van der Waals surface area contributed by atoms with Crippen molar-refractivity contribution in [3.05, 3.63) is 34.9 Å². The summed E-state index contributed by atoms with van der Waals surface area (Å²) in [5, 5.41) is 197. The number of aryl methyl sites for hydroxylation is 4. The van der Waals surface area contributed by atoms with Gasteiger partial charge in [-0.05, 0) is 47.0 Å². The third-order valence-electron chi connectivity index (χ3n) is 22.3. The maximum atomic E-state index is 13.8. The van der Waals surface area contributed by atoms with Crippen molar-refractivity contribution in [3.63, 3.8) is 0 Å². The fourth-order valence-electron chi connectivity index (χ4n) is 15.1. The SMILES string of the molecule is CCCCCCCCCCCCC/C=C/[C@@H](O)[C@H](CO[C@@H]1O[C@H](CO)[C@@H](O[C@@H]2O[C@H](CO)[C@H](O[C@@H]3O[C@H](CO)[C@H](O)[C@H](O[C@@H]4O[C@H](CO)[C@H](O)[C@H](O)[C@H]4O)[C@H]3NC(C)=O)[C@H](O[C@]3(C(=O)O)C[C@H](O)[C@@H](NC(C)=O)[C@H]([C@H](O)[C@H](O)CO)O3)[C@H]2O)[C@H](O)[C@H]1O)NC(=O)CCCCCCCCCCCCCCCCC.Cc1nc(C)c(C)nc1C.O=P(O)(O)O. The van der Waals surface area contributed by atoms with Crippen molar-refractivity contribution in [2.45, 2.75) is 413 Å². The average molecular weight is 1780 g/mol. The molecule has 3 amide bonds. The number of carboxylic acid groups (broad SMARTS) is 1. The maximum absolute atomic E-state index is 13.8. The van der Waals surface area contributed by atoms with Crippen LogP contribution in [0.5, 0.6) is 0 Å². The third kappa shape index (κ3) is 36.7. The van der Waals surface area contributed by atoms with Gasteiger partial charge in [0, 0.05) is 26.7 Å². The number of carbonyl (C=O) groups is 4. The second kappa shape index (κ2) is 57.6. The van der Waals surface area contributed by atoms with Crippen molar-refractivity contribution < 1.29 is 173 Å². The molecule has 5 saturated heterocycles. The van der Waals surface area contributed by atoms with Crippen molar-refractivity contribution in [2.24, 2.45) is 0 Å². The van der Waals surface area contributed by atoms with Gasteiger partial charge in [0.2, 0.25) is 17.7 Å². The Bertz CT molecular complexity index is 3120. The zero-order valence-corrected chi connectivity index (χ0v) is 72.8. The van der Waals surface area contributed by atoms with Gasteiger partial charge in [-0.25, -0.2) is 9.36 Å². The summed E-state index contributed by atoms with van der Waals surface area (Å²) in [6.07, 6.45) is -16.8. The number of phosphoric acid groups is 1. The molecule has 122 heavy (non-hydrogen) atoms. The van der Waals surface area contributed by atoms with Gasteiger partial charge < -0.3 is 165 Å². The lowest BCUT2D eigenvalue weighted by Gasteiger charge is -2.52. The number of amides is 3. The van der Waals surface area contributed by atoms with Crippen LogP contribution in [0.4, 0.5) is 0 Å². The molecular formula is C81H146N5O35P. The summed E-state index contributed by atoms with van der Waals surface area (Å²) in [7, 11) is -4.64. The molecule has 40 nitrogen and oxygen atoms in total. The highest BCUT2D eigenvalue weighted by Crippen LogP contribution is 2.41. The highest BCUT2D eigenvalue weighted by atomic mass is 31.2. The zero-order valence-electron chi connectivity index (χ0n) is 71.9. The normalized spacial score (nSPS) is 31.6. The number of allylic oxidation sites excluding steroid dienone is 1. The molecule has 5 fully saturated rings. The minimum absolute atomic E-state index is 0.135. The van der Waals surface area contributed by atoms with Crippen LogP contribution in [0.25, 0.3) is 0 Å². The molecule has 0 aromatic carbocycles. The molecule has 0 bridgehead atoms. The Labute approximate surface area is 714 Å². The first-order valence-electron chi connectivity index (χ1n) is 43.3. The van der Waals surface area contributed by atoms with Crippen LogP contribution < -0.4 is 16.0 Å². The van der Waals surface area contributed by atoms with E-state index >= 15 is 0 Å². The maximum Gasteiger partial charge on any atom is 0.466 e. The molecule has 23 N–H and O–H groups in total. The van der Waals surface area contributed by atoms with Crippen LogP contribution >= 0.6 is 7.82 Å². The van der Waals surface area contributed by atoms with Crippen LogP contribution in [-0.2, 0) is 71.1 Å². The Morgan fingerprint density at radius 1 is 0.500 bits per heavy atom. The zero-order chi connectivity index (χ0) is 91.0. The number of nitrogens with one attached hydrogen (secondary N) is 3. The molecule has 0 spiro atoms. The molecule has 710 valence electrons. The Morgan fingerprint density at radius 2 is 0.902 bits per heavy atom. The van der Waals surface area contributed by atoms with Gasteiger partial charge in [-0.15, -0.1) is 0 Å². The van der Waals surface area contributed by atoms with E-state index in [1.807, 2.05) is 33.8 Å². The molecule has 6 rings (SSSR count). The first-order valence-corrected chi connectivity index (χ1v) is 44.8. The summed E-state index contributed by atoms with van der Waals surface area (Å²) in [6.45, 7) is 8.24. The number of hydrogen-bond acceptors (Lipinski definition) is 33. The standard InChI is InChI=1S/C73H131N3O31.C8H12N2.H3O4P/c1-5-7-9-11-13-15-17-19-20-22-24-26-28-30-32-34-52(87)76-44(45(84)33-31-29-27-25-23-21-18-16-14-12-10-8-6-2)41-98-69-61(94)59(92)63(50(39-80)101-69)103-71-62(95)67(107-73(72(96)97)35-46(85)53(74-42(3)82)66(106-73)55(88)47(86)36-77)64(51(40-81)102-71)104-68-54(75-43(4)83)65(57(90)49(38-79)99-68)105-70-60(93)58(91)56(89)48(37-78)100-70;1-5-6(2)10-8(4)7(3)9-5;1-5(2,3)4/h31,33,44-51,53-71,77-81,84-86,88-95H,5-30,32,34-41H2,1-4H3,(H,74,82)(H,75,83)(H,76,87)(H,96,97);1-4H3;(H3,1,2,3,4)/b33-31+;;/t44-,45+,46-,47+,48+,49+,50+,51+,53+,54+,55+,56-,57-,58-,59+,60+,61+,62+,63+,64-,65+,66+,67+,68-,69+,70-,71-,73-;;/m0../s1. The smallest absolute Gasteiger partial charge is 0.466 e. The predicted octanol–water partition coefficient (Wildman–Crippen LogP) is -0.261.